The normalized spacial score (nSPS) is 21.4. The highest BCUT2D eigenvalue weighted by Crippen LogP contribution is 2.33. The van der Waals surface area contributed by atoms with Gasteiger partial charge in [-0.2, -0.15) is 0 Å². The number of allylic oxidation sites excluding steroid dienone is 1. The third-order valence-corrected chi connectivity index (χ3v) is 6.87. The lowest BCUT2D eigenvalue weighted by Gasteiger charge is -2.44. The van der Waals surface area contributed by atoms with Gasteiger partial charge in [-0.3, -0.25) is 9.59 Å². The fourth-order valence-corrected chi connectivity index (χ4v) is 4.91. The van der Waals surface area contributed by atoms with E-state index in [9.17, 15) is 9.59 Å². The Morgan fingerprint density at radius 1 is 1.23 bits per heavy atom. The van der Waals surface area contributed by atoms with Crippen LogP contribution in [0.1, 0.15) is 69.8 Å². The zero-order valence-electron chi connectivity index (χ0n) is 19.1. The molecule has 1 aromatic heterocycles. The maximum absolute atomic E-state index is 13.7. The fraction of sp³-hybridized carbons (Fsp3) is 0.538. The number of hydrogen-bond acceptors (Lipinski definition) is 2. The van der Waals surface area contributed by atoms with Crippen molar-refractivity contribution in [3.05, 3.63) is 47.7 Å². The van der Waals surface area contributed by atoms with Crippen molar-refractivity contribution in [2.24, 2.45) is 5.92 Å². The zero-order valence-corrected chi connectivity index (χ0v) is 19.1. The predicted octanol–water partition coefficient (Wildman–Crippen LogP) is 4.91. The summed E-state index contributed by atoms with van der Waals surface area (Å²) in [5.41, 5.74) is 2.22. The number of carbonyl (C=O) groups excluding carboxylic acids is 2. The molecule has 0 saturated carbocycles. The van der Waals surface area contributed by atoms with Gasteiger partial charge < -0.3 is 14.8 Å². The van der Waals surface area contributed by atoms with Gasteiger partial charge in [0, 0.05) is 24.0 Å². The van der Waals surface area contributed by atoms with E-state index in [1.807, 2.05) is 46.7 Å². The Labute approximate surface area is 185 Å². The Kier molecular flexibility index (Phi) is 6.22. The van der Waals surface area contributed by atoms with Crippen LogP contribution in [0.25, 0.3) is 10.9 Å². The van der Waals surface area contributed by atoms with Gasteiger partial charge in [-0.05, 0) is 63.5 Å². The number of hydrogen-bond donors (Lipinski definition) is 1. The van der Waals surface area contributed by atoms with Gasteiger partial charge in [0.2, 0.25) is 5.91 Å². The quantitative estimate of drug-likeness (QED) is 0.646. The summed E-state index contributed by atoms with van der Waals surface area (Å²) in [6.07, 6.45) is 8.82. The van der Waals surface area contributed by atoms with Crippen molar-refractivity contribution in [3.8, 4) is 0 Å². The number of para-hydroxylation sites is 1. The minimum absolute atomic E-state index is 0.0413. The van der Waals surface area contributed by atoms with E-state index in [1.165, 1.54) is 18.4 Å². The molecule has 5 nitrogen and oxygen atoms in total. The fourth-order valence-electron chi connectivity index (χ4n) is 4.91. The zero-order chi connectivity index (χ0) is 22.0. The topological polar surface area (TPSA) is 54.3 Å². The lowest BCUT2D eigenvalue weighted by molar-refractivity contribution is -0.132. The minimum atomic E-state index is -0.905. The van der Waals surface area contributed by atoms with Crippen molar-refractivity contribution in [1.29, 1.82) is 0 Å². The highest BCUT2D eigenvalue weighted by atomic mass is 16.2. The Morgan fingerprint density at radius 2 is 2.03 bits per heavy atom. The summed E-state index contributed by atoms with van der Waals surface area (Å²) in [6, 6.07) is 10.0. The minimum Gasteiger partial charge on any atom is -0.354 e. The van der Waals surface area contributed by atoms with Crippen LogP contribution in [-0.2, 0) is 11.3 Å². The van der Waals surface area contributed by atoms with E-state index in [0.717, 1.165) is 36.6 Å². The lowest BCUT2D eigenvalue weighted by atomic mass is 9.92. The van der Waals surface area contributed by atoms with Crippen LogP contribution in [0.4, 0.5) is 0 Å². The molecule has 1 N–H and O–H groups in total. The van der Waals surface area contributed by atoms with Crippen LogP contribution < -0.4 is 5.32 Å². The number of rotatable bonds is 7. The van der Waals surface area contributed by atoms with Crippen molar-refractivity contribution in [2.45, 2.75) is 71.4 Å². The molecular weight excluding hydrogens is 386 g/mol. The first-order chi connectivity index (χ1) is 14.9. The van der Waals surface area contributed by atoms with Crippen LogP contribution >= 0.6 is 0 Å². The second-order valence-corrected chi connectivity index (χ2v) is 9.70. The van der Waals surface area contributed by atoms with E-state index in [4.69, 9.17) is 0 Å². The molecule has 4 rings (SSSR count). The molecule has 0 bridgehead atoms. The third-order valence-electron chi connectivity index (χ3n) is 6.87. The van der Waals surface area contributed by atoms with Gasteiger partial charge in [0.25, 0.3) is 5.91 Å². The first kappa shape index (κ1) is 21.7. The maximum Gasteiger partial charge on any atom is 0.271 e. The number of amides is 2. The van der Waals surface area contributed by atoms with Gasteiger partial charge in [-0.1, -0.05) is 43.7 Å². The second-order valence-electron chi connectivity index (χ2n) is 9.70. The van der Waals surface area contributed by atoms with Crippen LogP contribution in [0.3, 0.4) is 0 Å². The molecule has 1 unspecified atom stereocenters. The van der Waals surface area contributed by atoms with Crippen molar-refractivity contribution in [1.82, 2.24) is 14.8 Å². The average molecular weight is 422 g/mol. The molecule has 2 amide bonds. The van der Waals surface area contributed by atoms with E-state index in [1.54, 1.807) is 0 Å². The molecule has 5 heteroatoms. The Bertz CT molecular complexity index is 1000. The smallest absolute Gasteiger partial charge is 0.271 e. The molecule has 1 atom stereocenters. The molecule has 2 aliphatic rings. The lowest BCUT2D eigenvalue weighted by Crippen LogP contribution is -2.64. The van der Waals surface area contributed by atoms with Crippen molar-refractivity contribution >= 4 is 22.7 Å². The van der Waals surface area contributed by atoms with Crippen molar-refractivity contribution < 1.29 is 9.59 Å². The van der Waals surface area contributed by atoms with E-state index in [-0.39, 0.29) is 11.8 Å². The summed E-state index contributed by atoms with van der Waals surface area (Å²) in [4.78, 5) is 28.9. The maximum atomic E-state index is 13.7. The number of aromatic nitrogens is 1. The number of fused-ring (bicyclic) bond motifs is 3. The first-order valence-corrected chi connectivity index (χ1v) is 11.8. The molecule has 0 fully saturated rings. The summed E-state index contributed by atoms with van der Waals surface area (Å²) < 4.78 is 2.04. The number of carbonyl (C=O) groups is 2. The molecule has 1 aromatic carbocycles. The third kappa shape index (κ3) is 4.28. The standard InChI is InChI=1S/C26H35N3O2/c1-19(2)13-15-27-25(31)26(3)18-28-22-12-8-7-11-21(22)17-23(28)24(30)29(26)16-14-20-9-5-4-6-10-20/h7-9,11-12,17,19H,4-6,10,13-16,18H2,1-3H3,(H,27,31). The van der Waals surface area contributed by atoms with Crippen molar-refractivity contribution in [2.75, 3.05) is 13.1 Å². The molecule has 1 aliphatic carbocycles. The largest absolute Gasteiger partial charge is 0.354 e. The van der Waals surface area contributed by atoms with Gasteiger partial charge in [0.1, 0.15) is 11.2 Å². The molecular formula is C26H35N3O2. The summed E-state index contributed by atoms with van der Waals surface area (Å²) in [7, 11) is 0. The summed E-state index contributed by atoms with van der Waals surface area (Å²) in [6.45, 7) is 7.94. The number of benzene rings is 1. The highest BCUT2D eigenvalue weighted by Gasteiger charge is 2.47. The van der Waals surface area contributed by atoms with Gasteiger partial charge in [0.15, 0.2) is 0 Å². The van der Waals surface area contributed by atoms with Gasteiger partial charge in [-0.25, -0.2) is 0 Å². The summed E-state index contributed by atoms with van der Waals surface area (Å²) in [5, 5.41) is 4.17. The number of nitrogens with one attached hydrogen (secondary N) is 1. The molecule has 0 saturated heterocycles. The first-order valence-electron chi connectivity index (χ1n) is 11.8. The van der Waals surface area contributed by atoms with Gasteiger partial charge in [0.05, 0.1) is 6.54 Å². The Morgan fingerprint density at radius 3 is 2.77 bits per heavy atom. The number of nitrogens with zero attached hydrogens (tertiary/aromatic N) is 2. The molecule has 1 aliphatic heterocycles. The summed E-state index contributed by atoms with van der Waals surface area (Å²) in [5.74, 6) is 0.429. The Balaban J connectivity index is 1.65. The van der Waals surface area contributed by atoms with Crippen LogP contribution in [0.15, 0.2) is 42.0 Å². The van der Waals surface area contributed by atoms with Crippen LogP contribution in [-0.4, -0.2) is 39.9 Å². The van der Waals surface area contributed by atoms with Crippen LogP contribution in [0.2, 0.25) is 0 Å². The molecule has 2 aromatic rings. The second kappa shape index (κ2) is 8.89. The van der Waals surface area contributed by atoms with Crippen molar-refractivity contribution in [3.63, 3.8) is 0 Å². The highest BCUT2D eigenvalue weighted by molar-refractivity contribution is 6.03. The predicted molar refractivity (Wildman–Crippen MR) is 125 cm³/mol. The molecule has 0 spiro atoms. The molecule has 0 radical (unpaired) electrons. The monoisotopic (exact) mass is 421 g/mol. The molecule has 166 valence electrons. The van der Waals surface area contributed by atoms with E-state index >= 15 is 0 Å². The van der Waals surface area contributed by atoms with E-state index in [0.29, 0.717) is 31.2 Å². The van der Waals surface area contributed by atoms with E-state index in [2.05, 4.69) is 25.2 Å². The Hall–Kier alpha value is -2.56. The molecule has 31 heavy (non-hydrogen) atoms. The van der Waals surface area contributed by atoms with Crippen LogP contribution in [0.5, 0.6) is 0 Å². The SMILES string of the molecule is CC(C)CCNC(=O)C1(C)Cn2c(cc3ccccc32)C(=O)N1CCC1=CCCCC1. The van der Waals surface area contributed by atoms with Crippen LogP contribution in [0, 0.1) is 5.92 Å². The average Bonchev–Trinajstić information content (AvgIpc) is 3.12. The molecule has 2 heterocycles. The van der Waals surface area contributed by atoms with Gasteiger partial charge in [-0.15, -0.1) is 0 Å². The van der Waals surface area contributed by atoms with Gasteiger partial charge >= 0.3 is 0 Å². The summed E-state index contributed by atoms with van der Waals surface area (Å²) >= 11 is 0. The van der Waals surface area contributed by atoms with E-state index < -0.39 is 5.54 Å².